The number of carbonyl (C=O) groups is 3. The van der Waals surface area contributed by atoms with Gasteiger partial charge in [0.1, 0.15) is 0 Å². The molecule has 0 aliphatic heterocycles. The number of anilines is 1. The molecule has 0 saturated heterocycles. The highest BCUT2D eigenvalue weighted by molar-refractivity contribution is 5.96. The molecule has 0 aliphatic rings. The number of benzene rings is 1. The van der Waals surface area contributed by atoms with Crippen LogP contribution in [0.2, 0.25) is 0 Å². The van der Waals surface area contributed by atoms with Crippen LogP contribution in [-0.2, 0) is 9.53 Å². The van der Waals surface area contributed by atoms with Gasteiger partial charge in [-0.2, -0.15) is 0 Å². The predicted octanol–water partition coefficient (Wildman–Crippen LogP) is -0.415. The number of rotatable bonds is 5. The zero-order chi connectivity index (χ0) is 19.1. The second-order valence-electron chi connectivity index (χ2n) is 4.68. The molecule has 0 atom stereocenters. The van der Waals surface area contributed by atoms with Crippen LogP contribution in [0.5, 0.6) is 0 Å². The third kappa shape index (κ3) is 4.70. The first-order chi connectivity index (χ1) is 12.4. The van der Waals surface area contributed by atoms with Crippen LogP contribution < -0.4 is 16.6 Å². The summed E-state index contributed by atoms with van der Waals surface area (Å²) >= 11 is 0. The lowest BCUT2D eigenvalue weighted by atomic mass is 10.2. The van der Waals surface area contributed by atoms with Crippen molar-refractivity contribution in [2.45, 2.75) is 0 Å². The van der Waals surface area contributed by atoms with E-state index >= 15 is 0 Å². The predicted molar refractivity (Wildman–Crippen MR) is 85.4 cm³/mol. The van der Waals surface area contributed by atoms with E-state index in [-0.39, 0.29) is 22.8 Å². The first-order valence-corrected chi connectivity index (χ1v) is 6.95. The Morgan fingerprint density at radius 3 is 2.62 bits per heavy atom. The van der Waals surface area contributed by atoms with Crippen molar-refractivity contribution in [1.29, 1.82) is 0 Å². The molecule has 12 heteroatoms. The lowest BCUT2D eigenvalue weighted by Gasteiger charge is -2.08. The third-order valence-electron chi connectivity index (χ3n) is 2.89. The Labute approximate surface area is 145 Å². The van der Waals surface area contributed by atoms with E-state index in [4.69, 9.17) is 5.73 Å². The van der Waals surface area contributed by atoms with Crippen LogP contribution in [0.25, 0.3) is 0 Å². The fraction of sp³-hybridized carbons (Fsp3) is 0.0714. The minimum absolute atomic E-state index is 0.0381. The molecule has 0 saturated carbocycles. The van der Waals surface area contributed by atoms with E-state index in [2.05, 4.69) is 14.7 Å². The largest absolute Gasteiger partial charge is 0.451 e. The molecular formula is C14H12N6O6. The molecule has 0 bridgehead atoms. The zero-order valence-electron chi connectivity index (χ0n) is 13.0. The number of nitrogen functional groups attached to an aromatic ring is 1. The van der Waals surface area contributed by atoms with E-state index in [1.807, 2.05) is 10.9 Å². The molecule has 134 valence electrons. The van der Waals surface area contributed by atoms with Crippen molar-refractivity contribution in [3.05, 3.63) is 58.0 Å². The lowest BCUT2D eigenvalue weighted by Crippen LogP contribution is -2.43. The molecule has 26 heavy (non-hydrogen) atoms. The van der Waals surface area contributed by atoms with E-state index in [1.165, 1.54) is 30.6 Å². The van der Waals surface area contributed by atoms with Crippen molar-refractivity contribution in [1.82, 2.24) is 20.8 Å². The van der Waals surface area contributed by atoms with Crippen LogP contribution in [0.1, 0.15) is 20.8 Å². The van der Waals surface area contributed by atoms with Crippen molar-refractivity contribution in [2.24, 2.45) is 0 Å². The molecule has 2 amide bonds. The van der Waals surface area contributed by atoms with Gasteiger partial charge in [-0.25, -0.2) is 14.8 Å². The van der Waals surface area contributed by atoms with Gasteiger partial charge in [0, 0.05) is 30.1 Å². The van der Waals surface area contributed by atoms with E-state index in [0.717, 1.165) is 6.07 Å². The number of nitro benzene ring substituents is 1. The van der Waals surface area contributed by atoms with Crippen LogP contribution in [0.4, 0.5) is 11.5 Å². The molecule has 0 aliphatic carbocycles. The van der Waals surface area contributed by atoms with Crippen molar-refractivity contribution in [3.63, 3.8) is 0 Å². The van der Waals surface area contributed by atoms with E-state index in [9.17, 15) is 24.5 Å². The van der Waals surface area contributed by atoms with Crippen LogP contribution in [0.3, 0.4) is 0 Å². The molecule has 2 rings (SSSR count). The Kier molecular flexibility index (Phi) is 5.71. The fourth-order valence-corrected chi connectivity index (χ4v) is 1.70. The number of hydrazine groups is 1. The maximum Gasteiger partial charge on any atom is 0.361 e. The maximum atomic E-state index is 11.8. The number of ether oxygens (including phenoxy) is 1. The summed E-state index contributed by atoms with van der Waals surface area (Å²) in [6.45, 7) is -0.718. The van der Waals surface area contributed by atoms with Gasteiger partial charge in [-0.15, -0.1) is 0 Å². The molecule has 0 unspecified atom stereocenters. The lowest BCUT2D eigenvalue weighted by molar-refractivity contribution is -0.384. The van der Waals surface area contributed by atoms with Gasteiger partial charge in [0.05, 0.1) is 4.92 Å². The van der Waals surface area contributed by atoms with Gasteiger partial charge >= 0.3 is 5.97 Å². The van der Waals surface area contributed by atoms with Crippen LogP contribution in [0.15, 0.2) is 36.7 Å². The number of non-ortho nitro benzene ring substituents is 1. The first-order valence-electron chi connectivity index (χ1n) is 6.95. The molecule has 12 nitrogen and oxygen atoms in total. The average molecular weight is 360 g/mol. The van der Waals surface area contributed by atoms with Gasteiger partial charge in [-0.3, -0.25) is 30.6 Å². The number of aromatic nitrogens is 2. The standard InChI is InChI=1S/C14H12N6O6/c15-12-11(16-4-5-17-12)14(23)26-7-10(21)18-19-13(22)8-2-1-3-9(6-8)20(24)25/h1-6H,7H2,(H2,15,17)(H,18,21)(H,19,22). The summed E-state index contributed by atoms with van der Waals surface area (Å²) in [5.41, 5.74) is 8.91. The monoisotopic (exact) mass is 360 g/mol. The minimum atomic E-state index is -0.962. The SMILES string of the molecule is Nc1nccnc1C(=O)OCC(=O)NNC(=O)c1cccc([N+](=O)[O-])c1. The van der Waals surface area contributed by atoms with Crippen molar-refractivity contribution < 1.29 is 24.0 Å². The van der Waals surface area contributed by atoms with Crippen molar-refractivity contribution in [3.8, 4) is 0 Å². The normalized spacial score (nSPS) is 9.85. The highest BCUT2D eigenvalue weighted by atomic mass is 16.6. The summed E-state index contributed by atoms with van der Waals surface area (Å²) < 4.78 is 4.69. The topological polar surface area (TPSA) is 179 Å². The fourth-order valence-electron chi connectivity index (χ4n) is 1.70. The summed E-state index contributed by atoms with van der Waals surface area (Å²) in [5.74, 6) is -2.75. The van der Waals surface area contributed by atoms with Crippen LogP contribution >= 0.6 is 0 Å². The molecule has 2 aromatic rings. The molecular weight excluding hydrogens is 348 g/mol. The third-order valence-corrected chi connectivity index (χ3v) is 2.89. The average Bonchev–Trinajstić information content (AvgIpc) is 2.64. The molecule has 0 spiro atoms. The van der Waals surface area contributed by atoms with Gasteiger partial charge in [0.15, 0.2) is 18.1 Å². The van der Waals surface area contributed by atoms with Gasteiger partial charge in [-0.1, -0.05) is 6.07 Å². The van der Waals surface area contributed by atoms with Crippen molar-refractivity contribution in [2.75, 3.05) is 12.3 Å². The second-order valence-corrected chi connectivity index (χ2v) is 4.68. The quantitative estimate of drug-likeness (QED) is 0.362. The first kappa shape index (κ1) is 18.3. The Morgan fingerprint density at radius 2 is 1.92 bits per heavy atom. The molecule has 1 heterocycles. The maximum absolute atomic E-state index is 11.8. The number of hydrogen-bond acceptors (Lipinski definition) is 9. The van der Waals surface area contributed by atoms with Gasteiger partial charge in [0.25, 0.3) is 17.5 Å². The Bertz CT molecular complexity index is 871. The van der Waals surface area contributed by atoms with Crippen molar-refractivity contribution >= 4 is 29.3 Å². The van der Waals surface area contributed by atoms with E-state index in [1.54, 1.807) is 0 Å². The molecule has 0 radical (unpaired) electrons. The highest BCUT2D eigenvalue weighted by Gasteiger charge is 2.16. The molecule has 0 fully saturated rings. The molecule has 1 aromatic heterocycles. The molecule has 1 aromatic carbocycles. The van der Waals surface area contributed by atoms with E-state index in [0.29, 0.717) is 0 Å². The number of hydrogen-bond donors (Lipinski definition) is 3. The minimum Gasteiger partial charge on any atom is -0.451 e. The highest BCUT2D eigenvalue weighted by Crippen LogP contribution is 2.12. The Hall–Kier alpha value is -4.09. The van der Waals surface area contributed by atoms with Gasteiger partial charge in [-0.05, 0) is 6.07 Å². The Morgan fingerprint density at radius 1 is 1.19 bits per heavy atom. The number of nitro groups is 1. The number of carbonyl (C=O) groups excluding carboxylic acids is 3. The number of nitrogens with two attached hydrogens (primary N) is 1. The number of amides is 2. The smallest absolute Gasteiger partial charge is 0.361 e. The Balaban J connectivity index is 1.84. The second kappa shape index (κ2) is 8.14. The number of esters is 1. The summed E-state index contributed by atoms with van der Waals surface area (Å²) in [7, 11) is 0. The van der Waals surface area contributed by atoms with Gasteiger partial charge in [0.2, 0.25) is 0 Å². The van der Waals surface area contributed by atoms with E-state index < -0.39 is 29.3 Å². The van der Waals surface area contributed by atoms with Gasteiger partial charge < -0.3 is 10.5 Å². The summed E-state index contributed by atoms with van der Waals surface area (Å²) in [5, 5.41) is 10.7. The molecule has 4 N–H and O–H groups in total. The van der Waals surface area contributed by atoms with Crippen LogP contribution in [-0.4, -0.2) is 39.3 Å². The summed E-state index contributed by atoms with van der Waals surface area (Å²) in [4.78, 5) is 52.5. The zero-order valence-corrected chi connectivity index (χ0v) is 13.0. The number of nitrogens with one attached hydrogen (secondary N) is 2. The summed E-state index contributed by atoms with van der Waals surface area (Å²) in [6, 6.07) is 4.90. The summed E-state index contributed by atoms with van der Waals surface area (Å²) in [6.07, 6.45) is 2.51. The van der Waals surface area contributed by atoms with Crippen LogP contribution in [0, 0.1) is 10.1 Å². The number of nitrogens with zero attached hydrogens (tertiary/aromatic N) is 3.